The molecule has 3 aromatic rings. The van der Waals surface area contributed by atoms with Gasteiger partial charge in [0.25, 0.3) is 5.78 Å². The quantitative estimate of drug-likeness (QED) is 0.800. The number of fused-ring (bicyclic) bond motifs is 1. The lowest BCUT2D eigenvalue weighted by Gasteiger charge is -2.17. The van der Waals surface area contributed by atoms with Gasteiger partial charge in [-0.1, -0.05) is 19.1 Å². The molecule has 0 bridgehead atoms. The molecule has 0 amide bonds. The first kappa shape index (κ1) is 14.0. The van der Waals surface area contributed by atoms with E-state index in [2.05, 4.69) is 33.4 Å². The maximum atomic E-state index is 9.01. The van der Waals surface area contributed by atoms with Crippen LogP contribution in [0.15, 0.2) is 36.7 Å². The molecule has 6 heteroatoms. The largest absolute Gasteiger partial charge is 0.363 e. The highest BCUT2D eigenvalue weighted by molar-refractivity contribution is 5.47. The van der Waals surface area contributed by atoms with Crippen molar-refractivity contribution < 1.29 is 0 Å². The van der Waals surface area contributed by atoms with Crippen LogP contribution in [-0.4, -0.2) is 19.6 Å². The summed E-state index contributed by atoms with van der Waals surface area (Å²) in [6.07, 6.45) is 2.32. The Hall–Kier alpha value is -2.94. The van der Waals surface area contributed by atoms with Crippen LogP contribution in [-0.2, 0) is 6.42 Å². The summed E-state index contributed by atoms with van der Waals surface area (Å²) in [6, 6.07) is 11.8. The van der Waals surface area contributed by atoms with E-state index < -0.39 is 0 Å². The van der Waals surface area contributed by atoms with Crippen LogP contribution in [0.3, 0.4) is 0 Å². The van der Waals surface area contributed by atoms with Crippen molar-refractivity contribution >= 4 is 11.6 Å². The molecule has 0 saturated carbocycles. The second kappa shape index (κ2) is 5.82. The van der Waals surface area contributed by atoms with Crippen LogP contribution in [0.2, 0.25) is 0 Å². The van der Waals surface area contributed by atoms with Gasteiger partial charge in [-0.3, -0.25) is 0 Å². The van der Waals surface area contributed by atoms with Gasteiger partial charge >= 0.3 is 0 Å². The molecule has 0 saturated heterocycles. The van der Waals surface area contributed by atoms with E-state index >= 15 is 0 Å². The second-order valence-electron chi connectivity index (χ2n) is 5.06. The Morgan fingerprint density at radius 3 is 3.00 bits per heavy atom. The number of hydrogen-bond donors (Lipinski definition) is 1. The molecule has 0 aliphatic heterocycles. The number of aryl methyl sites for hydroxylation is 1. The van der Waals surface area contributed by atoms with E-state index in [1.807, 2.05) is 31.2 Å². The van der Waals surface area contributed by atoms with Crippen molar-refractivity contribution in [2.24, 2.45) is 0 Å². The summed E-state index contributed by atoms with van der Waals surface area (Å²) in [5.41, 5.74) is 2.66. The van der Waals surface area contributed by atoms with Gasteiger partial charge < -0.3 is 5.32 Å². The first-order chi connectivity index (χ1) is 10.7. The normalized spacial score (nSPS) is 12.0. The Balaban J connectivity index is 1.95. The van der Waals surface area contributed by atoms with Gasteiger partial charge in [0.05, 0.1) is 11.6 Å². The molecule has 0 spiro atoms. The third kappa shape index (κ3) is 2.61. The van der Waals surface area contributed by atoms with E-state index in [0.29, 0.717) is 11.3 Å². The van der Waals surface area contributed by atoms with Crippen LogP contribution < -0.4 is 5.32 Å². The number of nitrogens with zero attached hydrogens (tertiary/aromatic N) is 5. The minimum absolute atomic E-state index is 0.0350. The topological polar surface area (TPSA) is 78.9 Å². The van der Waals surface area contributed by atoms with Gasteiger partial charge in [0, 0.05) is 17.8 Å². The van der Waals surface area contributed by atoms with E-state index in [9.17, 15) is 0 Å². The third-order valence-electron chi connectivity index (χ3n) is 3.55. The van der Waals surface area contributed by atoms with E-state index in [0.717, 1.165) is 23.5 Å². The van der Waals surface area contributed by atoms with E-state index in [1.165, 1.54) is 6.33 Å². The van der Waals surface area contributed by atoms with Gasteiger partial charge in [-0.2, -0.15) is 19.9 Å². The lowest BCUT2D eigenvalue weighted by atomic mass is 10.1. The highest BCUT2D eigenvalue weighted by atomic mass is 15.4. The fourth-order valence-corrected chi connectivity index (χ4v) is 2.33. The van der Waals surface area contributed by atoms with Crippen LogP contribution in [0, 0.1) is 11.3 Å². The molecular weight excluding hydrogens is 276 g/mol. The minimum atomic E-state index is 0.0350. The Labute approximate surface area is 128 Å². The summed E-state index contributed by atoms with van der Waals surface area (Å²) in [4.78, 5) is 8.58. The molecule has 0 aliphatic carbocycles. The Kier molecular flexibility index (Phi) is 3.71. The number of aromatic nitrogens is 4. The third-order valence-corrected chi connectivity index (χ3v) is 3.55. The van der Waals surface area contributed by atoms with Crippen LogP contribution >= 0.6 is 0 Å². The molecule has 1 N–H and O–H groups in total. The molecule has 1 aromatic carbocycles. The number of nitriles is 1. The number of nitrogens with one attached hydrogen (secondary N) is 1. The van der Waals surface area contributed by atoms with Gasteiger partial charge in [0.15, 0.2) is 0 Å². The van der Waals surface area contributed by atoms with Gasteiger partial charge in [0.1, 0.15) is 12.1 Å². The van der Waals surface area contributed by atoms with Gasteiger partial charge in [-0.25, -0.2) is 4.98 Å². The average Bonchev–Trinajstić information content (AvgIpc) is 3.03. The van der Waals surface area contributed by atoms with Crippen molar-refractivity contribution in [3.63, 3.8) is 0 Å². The number of anilines is 1. The maximum Gasteiger partial charge on any atom is 0.254 e. The predicted molar refractivity (Wildman–Crippen MR) is 83.4 cm³/mol. The Morgan fingerprint density at radius 2 is 2.23 bits per heavy atom. The van der Waals surface area contributed by atoms with Crippen LogP contribution in [0.5, 0.6) is 0 Å². The molecule has 2 heterocycles. The molecule has 0 radical (unpaired) electrons. The SMILES string of the molecule is CCc1cc(NC(C)c2cccc(C#N)c2)n2ncnc2n1. The maximum absolute atomic E-state index is 9.01. The van der Waals surface area contributed by atoms with E-state index in [-0.39, 0.29) is 6.04 Å². The smallest absolute Gasteiger partial charge is 0.254 e. The van der Waals surface area contributed by atoms with Gasteiger partial charge in [0.2, 0.25) is 0 Å². The zero-order valence-corrected chi connectivity index (χ0v) is 12.5. The van der Waals surface area contributed by atoms with Crippen molar-refractivity contribution in [1.29, 1.82) is 5.26 Å². The molecule has 110 valence electrons. The molecule has 22 heavy (non-hydrogen) atoms. The van der Waals surface area contributed by atoms with Crippen molar-refractivity contribution in [3.8, 4) is 6.07 Å². The number of hydrogen-bond acceptors (Lipinski definition) is 5. The summed E-state index contributed by atoms with van der Waals surface area (Å²) in [7, 11) is 0. The summed E-state index contributed by atoms with van der Waals surface area (Å²) < 4.78 is 1.68. The summed E-state index contributed by atoms with van der Waals surface area (Å²) >= 11 is 0. The highest BCUT2D eigenvalue weighted by Gasteiger charge is 2.11. The predicted octanol–water partition coefficient (Wildman–Crippen LogP) is 2.73. The lowest BCUT2D eigenvalue weighted by Crippen LogP contribution is -2.12. The van der Waals surface area contributed by atoms with Crippen molar-refractivity contribution in [2.45, 2.75) is 26.3 Å². The van der Waals surface area contributed by atoms with Crippen molar-refractivity contribution in [1.82, 2.24) is 19.6 Å². The van der Waals surface area contributed by atoms with Gasteiger partial charge in [-0.05, 0) is 31.0 Å². The fraction of sp³-hybridized carbons (Fsp3) is 0.250. The van der Waals surface area contributed by atoms with Crippen LogP contribution in [0.25, 0.3) is 5.78 Å². The molecular formula is C16H16N6. The lowest BCUT2D eigenvalue weighted by molar-refractivity contribution is 0.833. The monoisotopic (exact) mass is 292 g/mol. The van der Waals surface area contributed by atoms with E-state index in [4.69, 9.17) is 5.26 Å². The standard InChI is InChI=1S/C16H16N6/c1-3-14-8-15(22-16(21-14)18-10-19-22)20-11(2)13-6-4-5-12(7-13)9-17/h4-8,10-11,20H,3H2,1-2H3. The highest BCUT2D eigenvalue weighted by Crippen LogP contribution is 2.20. The fourth-order valence-electron chi connectivity index (χ4n) is 2.33. The Bertz CT molecular complexity index is 845. The molecule has 0 aliphatic rings. The number of rotatable bonds is 4. The molecule has 0 fully saturated rings. The van der Waals surface area contributed by atoms with Crippen molar-refractivity contribution in [2.75, 3.05) is 5.32 Å². The van der Waals surface area contributed by atoms with Crippen LogP contribution in [0.1, 0.15) is 36.7 Å². The average molecular weight is 292 g/mol. The molecule has 2 aromatic heterocycles. The first-order valence-electron chi connectivity index (χ1n) is 7.17. The summed E-state index contributed by atoms with van der Waals surface area (Å²) in [6.45, 7) is 4.10. The summed E-state index contributed by atoms with van der Waals surface area (Å²) in [5.74, 6) is 1.43. The summed E-state index contributed by atoms with van der Waals surface area (Å²) in [5, 5.41) is 16.6. The molecule has 6 nitrogen and oxygen atoms in total. The van der Waals surface area contributed by atoms with E-state index in [1.54, 1.807) is 10.6 Å². The molecule has 3 rings (SSSR count). The van der Waals surface area contributed by atoms with Crippen molar-refractivity contribution in [3.05, 3.63) is 53.5 Å². The van der Waals surface area contributed by atoms with Gasteiger partial charge in [-0.15, -0.1) is 0 Å². The zero-order valence-electron chi connectivity index (χ0n) is 12.5. The minimum Gasteiger partial charge on any atom is -0.363 e. The molecule has 1 atom stereocenters. The zero-order chi connectivity index (χ0) is 15.5. The Morgan fingerprint density at radius 1 is 1.36 bits per heavy atom. The number of benzene rings is 1. The second-order valence-corrected chi connectivity index (χ2v) is 5.06. The van der Waals surface area contributed by atoms with Crippen LogP contribution in [0.4, 0.5) is 5.82 Å². The first-order valence-corrected chi connectivity index (χ1v) is 7.17. The molecule has 1 unspecified atom stereocenters.